The predicted molar refractivity (Wildman–Crippen MR) is 95.6 cm³/mol. The molecule has 1 aliphatic heterocycles. The minimum atomic E-state index is -0.151. The van der Waals surface area contributed by atoms with Crippen LogP contribution in [0.15, 0.2) is 10.9 Å². The van der Waals surface area contributed by atoms with Gasteiger partial charge >= 0.3 is 0 Å². The maximum atomic E-state index is 12.6. The lowest BCUT2D eigenvalue weighted by Crippen LogP contribution is -2.29. The maximum absolute atomic E-state index is 12.6. The van der Waals surface area contributed by atoms with E-state index in [1.807, 2.05) is 18.7 Å². The first-order valence-electron chi connectivity index (χ1n) is 9.37. The molecule has 134 valence electrons. The van der Waals surface area contributed by atoms with E-state index in [1.54, 1.807) is 4.52 Å². The third-order valence-corrected chi connectivity index (χ3v) is 5.79. The lowest BCUT2D eigenvalue weighted by atomic mass is 10.0. The number of aromatic amines is 1. The summed E-state index contributed by atoms with van der Waals surface area (Å²) in [6, 6.07) is 1.50. The molecule has 0 spiro atoms. The molecule has 0 radical (unpaired) electrons. The second kappa shape index (κ2) is 6.32. The van der Waals surface area contributed by atoms with E-state index in [0.717, 1.165) is 36.0 Å². The van der Waals surface area contributed by atoms with Crippen molar-refractivity contribution in [3.8, 4) is 0 Å². The van der Waals surface area contributed by atoms with Crippen molar-refractivity contribution in [1.29, 1.82) is 0 Å². The number of likely N-dealkylation sites (tertiary alicyclic amines) is 1. The second-order valence-corrected chi connectivity index (χ2v) is 7.75. The maximum Gasteiger partial charge on any atom is 0.266 e. The highest BCUT2D eigenvalue weighted by Crippen LogP contribution is 2.38. The molecule has 0 aromatic carbocycles. The molecule has 1 atom stereocenters. The van der Waals surface area contributed by atoms with Crippen LogP contribution in [0, 0.1) is 25.7 Å². The molecule has 6 nitrogen and oxygen atoms in total. The van der Waals surface area contributed by atoms with E-state index in [2.05, 4.69) is 10.1 Å². The van der Waals surface area contributed by atoms with Gasteiger partial charge in [0, 0.05) is 37.0 Å². The first kappa shape index (κ1) is 16.4. The Balaban J connectivity index is 1.41. The molecule has 2 aromatic rings. The summed E-state index contributed by atoms with van der Waals surface area (Å²) in [6.45, 7) is 5.77. The van der Waals surface area contributed by atoms with Gasteiger partial charge in [-0.05, 0) is 50.5 Å². The average Bonchev–Trinajstić information content (AvgIpc) is 3.11. The molecule has 3 heterocycles. The van der Waals surface area contributed by atoms with E-state index in [0.29, 0.717) is 24.4 Å². The monoisotopic (exact) mass is 342 g/mol. The number of nitrogens with zero attached hydrogens (tertiary/aromatic N) is 3. The zero-order chi connectivity index (χ0) is 17.6. The van der Waals surface area contributed by atoms with Crippen LogP contribution in [0.4, 0.5) is 0 Å². The molecule has 25 heavy (non-hydrogen) atoms. The van der Waals surface area contributed by atoms with E-state index >= 15 is 0 Å². The van der Waals surface area contributed by atoms with Crippen LogP contribution in [-0.4, -0.2) is 38.5 Å². The third kappa shape index (κ3) is 3.34. The number of rotatable bonds is 5. The summed E-state index contributed by atoms with van der Waals surface area (Å²) in [5.74, 6) is 1.90. The zero-order valence-corrected chi connectivity index (χ0v) is 15.0. The molecule has 1 aliphatic carbocycles. The Labute approximate surface area is 147 Å². The molecular formula is C19H26N4O2. The minimum absolute atomic E-state index is 0.151. The van der Waals surface area contributed by atoms with Gasteiger partial charge in [0.15, 0.2) is 5.65 Å². The highest BCUT2D eigenvalue weighted by atomic mass is 16.2. The van der Waals surface area contributed by atoms with Crippen LogP contribution in [0.3, 0.4) is 0 Å². The van der Waals surface area contributed by atoms with Crippen molar-refractivity contribution in [2.45, 2.75) is 52.4 Å². The van der Waals surface area contributed by atoms with Gasteiger partial charge < -0.3 is 4.90 Å². The highest BCUT2D eigenvalue weighted by molar-refractivity contribution is 5.76. The van der Waals surface area contributed by atoms with Gasteiger partial charge in [0.1, 0.15) is 0 Å². The number of nitrogens with one attached hydrogen (secondary N) is 1. The number of hydrogen-bond acceptors (Lipinski definition) is 3. The number of carbonyl (C=O) groups is 1. The van der Waals surface area contributed by atoms with Crippen molar-refractivity contribution in [2.24, 2.45) is 11.8 Å². The van der Waals surface area contributed by atoms with Gasteiger partial charge in [-0.2, -0.15) is 0 Å². The van der Waals surface area contributed by atoms with E-state index < -0.39 is 0 Å². The molecule has 6 heteroatoms. The molecule has 1 saturated carbocycles. The number of aromatic nitrogens is 3. The SMILES string of the molecule is Cc1nc2cc(=O)[nH]n2c(C)c1CCC(=O)N1CCC(CC2CC2)C1. The van der Waals surface area contributed by atoms with E-state index in [4.69, 9.17) is 0 Å². The van der Waals surface area contributed by atoms with Gasteiger partial charge in [-0.15, -0.1) is 0 Å². The predicted octanol–water partition coefficient (Wildman–Crippen LogP) is 2.22. The van der Waals surface area contributed by atoms with Crippen LogP contribution in [0.2, 0.25) is 0 Å². The van der Waals surface area contributed by atoms with Crippen LogP contribution < -0.4 is 5.56 Å². The third-order valence-electron chi connectivity index (χ3n) is 5.79. The summed E-state index contributed by atoms with van der Waals surface area (Å²) in [4.78, 5) is 30.7. The number of H-pyrrole nitrogens is 1. The lowest BCUT2D eigenvalue weighted by molar-refractivity contribution is -0.130. The van der Waals surface area contributed by atoms with Crippen molar-refractivity contribution in [1.82, 2.24) is 19.5 Å². The highest BCUT2D eigenvalue weighted by Gasteiger charge is 2.31. The van der Waals surface area contributed by atoms with Crippen LogP contribution in [0.25, 0.3) is 5.65 Å². The fraction of sp³-hybridized carbons (Fsp3) is 0.632. The van der Waals surface area contributed by atoms with Crippen LogP contribution in [0.1, 0.15) is 49.1 Å². The first-order chi connectivity index (χ1) is 12.0. The Morgan fingerprint density at radius 1 is 1.28 bits per heavy atom. The number of amides is 1. The Hall–Kier alpha value is -2.11. The normalized spacial score (nSPS) is 20.6. The van der Waals surface area contributed by atoms with Gasteiger partial charge in [0.25, 0.3) is 5.56 Å². The molecule has 1 N–H and O–H groups in total. The first-order valence-corrected chi connectivity index (χ1v) is 9.37. The Morgan fingerprint density at radius 2 is 2.08 bits per heavy atom. The number of hydrogen-bond donors (Lipinski definition) is 1. The fourth-order valence-corrected chi connectivity index (χ4v) is 4.18. The smallest absolute Gasteiger partial charge is 0.266 e. The van der Waals surface area contributed by atoms with E-state index in [9.17, 15) is 9.59 Å². The summed E-state index contributed by atoms with van der Waals surface area (Å²) in [6.07, 6.45) is 6.43. The fourth-order valence-electron chi connectivity index (χ4n) is 4.18. The summed E-state index contributed by atoms with van der Waals surface area (Å²) in [7, 11) is 0. The molecule has 4 rings (SSSR count). The minimum Gasteiger partial charge on any atom is -0.342 e. The average molecular weight is 342 g/mol. The molecule has 1 saturated heterocycles. The van der Waals surface area contributed by atoms with Crippen LogP contribution in [-0.2, 0) is 11.2 Å². The van der Waals surface area contributed by atoms with Crippen molar-refractivity contribution >= 4 is 11.6 Å². The molecule has 1 amide bonds. The van der Waals surface area contributed by atoms with Gasteiger partial charge in [0.05, 0.1) is 0 Å². The largest absolute Gasteiger partial charge is 0.342 e. The zero-order valence-electron chi connectivity index (χ0n) is 15.0. The van der Waals surface area contributed by atoms with Gasteiger partial charge in [-0.25, -0.2) is 9.50 Å². The van der Waals surface area contributed by atoms with Gasteiger partial charge in [0.2, 0.25) is 5.91 Å². The lowest BCUT2D eigenvalue weighted by Gasteiger charge is -2.17. The van der Waals surface area contributed by atoms with Crippen LogP contribution >= 0.6 is 0 Å². The number of carbonyl (C=O) groups excluding carboxylic acids is 1. The van der Waals surface area contributed by atoms with E-state index in [-0.39, 0.29) is 11.5 Å². The topological polar surface area (TPSA) is 70.5 Å². The molecule has 2 fully saturated rings. The molecule has 2 aromatic heterocycles. The van der Waals surface area contributed by atoms with Crippen molar-refractivity contribution in [2.75, 3.05) is 13.1 Å². The van der Waals surface area contributed by atoms with E-state index in [1.165, 1.54) is 31.7 Å². The number of fused-ring (bicyclic) bond motifs is 1. The van der Waals surface area contributed by atoms with Crippen molar-refractivity contribution in [3.63, 3.8) is 0 Å². The Morgan fingerprint density at radius 3 is 2.84 bits per heavy atom. The standard InChI is InChI=1S/C19H26N4O2/c1-12-16(13(2)23-17(20-12)10-18(24)21-23)5-6-19(25)22-8-7-15(11-22)9-14-3-4-14/h10,14-15H,3-9,11H2,1-2H3,(H,21,24). The quantitative estimate of drug-likeness (QED) is 0.906. The van der Waals surface area contributed by atoms with Crippen LogP contribution in [0.5, 0.6) is 0 Å². The summed E-state index contributed by atoms with van der Waals surface area (Å²) < 4.78 is 1.72. The van der Waals surface area contributed by atoms with Crippen molar-refractivity contribution in [3.05, 3.63) is 33.4 Å². The Kier molecular flexibility index (Phi) is 4.13. The number of aryl methyl sites for hydroxylation is 2. The summed E-state index contributed by atoms with van der Waals surface area (Å²) >= 11 is 0. The van der Waals surface area contributed by atoms with Crippen molar-refractivity contribution < 1.29 is 4.79 Å². The summed E-state index contributed by atoms with van der Waals surface area (Å²) in [5.41, 5.74) is 3.41. The Bertz CT molecular complexity index is 862. The van der Waals surface area contributed by atoms with Gasteiger partial charge in [-0.3, -0.25) is 14.7 Å². The molecule has 1 unspecified atom stereocenters. The second-order valence-electron chi connectivity index (χ2n) is 7.75. The molecular weight excluding hydrogens is 316 g/mol. The summed E-state index contributed by atoms with van der Waals surface area (Å²) in [5, 5.41) is 2.77. The molecule has 2 aliphatic rings. The van der Waals surface area contributed by atoms with Gasteiger partial charge in [-0.1, -0.05) is 12.8 Å². The molecule has 0 bridgehead atoms.